The Morgan fingerprint density at radius 2 is 1.85 bits per heavy atom. The summed E-state index contributed by atoms with van der Waals surface area (Å²) >= 11 is 5.19. The second kappa shape index (κ2) is 8.91. The van der Waals surface area contributed by atoms with E-state index in [0.29, 0.717) is 34.3 Å². The first-order chi connectivity index (χ1) is 16.0. The predicted molar refractivity (Wildman–Crippen MR) is 125 cm³/mol. The molecule has 10 heteroatoms. The number of hydrogen-bond donors (Lipinski definition) is 2. The molecule has 0 unspecified atom stereocenters. The quantitative estimate of drug-likeness (QED) is 0.413. The standard InChI is InChI=1S/C23H19FN6O2S/c24-16-5-3-15(4-6-16)21(31)29-23(33)28-17-7-9-18(10-8-17)32-22-19-20(25-12-26-22)30(13-27-19)11-14-1-2-14/h3-10,12-14H,1-2,11H2,(H2,28,29,31,33). The van der Waals surface area contributed by atoms with Crippen LogP contribution in [-0.4, -0.2) is 30.5 Å². The summed E-state index contributed by atoms with van der Waals surface area (Å²) in [5.41, 5.74) is 2.34. The van der Waals surface area contributed by atoms with E-state index in [9.17, 15) is 9.18 Å². The lowest BCUT2D eigenvalue weighted by Crippen LogP contribution is -2.34. The Balaban J connectivity index is 1.22. The normalized spacial score (nSPS) is 13.0. The fraction of sp³-hybridized carbons (Fsp3) is 0.174. The molecule has 33 heavy (non-hydrogen) atoms. The van der Waals surface area contributed by atoms with Gasteiger partial charge in [0.2, 0.25) is 0 Å². The summed E-state index contributed by atoms with van der Waals surface area (Å²) in [6.07, 6.45) is 5.74. The Morgan fingerprint density at radius 3 is 2.58 bits per heavy atom. The largest absolute Gasteiger partial charge is 0.437 e. The molecule has 1 aliphatic rings. The first kappa shape index (κ1) is 21.0. The van der Waals surface area contributed by atoms with Crippen LogP contribution in [0.2, 0.25) is 0 Å². The van der Waals surface area contributed by atoms with Crippen molar-refractivity contribution in [3.05, 3.63) is 72.6 Å². The van der Waals surface area contributed by atoms with Crippen molar-refractivity contribution >= 4 is 40.1 Å². The zero-order chi connectivity index (χ0) is 22.8. The van der Waals surface area contributed by atoms with E-state index in [2.05, 4.69) is 25.6 Å². The van der Waals surface area contributed by atoms with Gasteiger partial charge in [-0.3, -0.25) is 10.1 Å². The number of ether oxygens (including phenoxy) is 1. The third kappa shape index (κ3) is 4.96. The monoisotopic (exact) mass is 462 g/mol. The van der Waals surface area contributed by atoms with Gasteiger partial charge >= 0.3 is 0 Å². The number of anilines is 1. The van der Waals surface area contributed by atoms with Crippen LogP contribution in [0.1, 0.15) is 23.2 Å². The van der Waals surface area contributed by atoms with Crippen molar-refractivity contribution in [1.82, 2.24) is 24.8 Å². The molecule has 1 saturated carbocycles. The number of halogens is 1. The molecule has 4 aromatic rings. The highest BCUT2D eigenvalue weighted by atomic mass is 32.1. The van der Waals surface area contributed by atoms with Gasteiger partial charge in [0, 0.05) is 17.8 Å². The third-order valence-electron chi connectivity index (χ3n) is 5.18. The van der Waals surface area contributed by atoms with Gasteiger partial charge in [-0.15, -0.1) is 0 Å². The molecular weight excluding hydrogens is 443 g/mol. The molecule has 1 fully saturated rings. The molecule has 2 N–H and O–H groups in total. The number of imidazole rings is 1. The number of carbonyl (C=O) groups excluding carboxylic acids is 1. The number of aromatic nitrogens is 4. The summed E-state index contributed by atoms with van der Waals surface area (Å²) < 4.78 is 21.0. The van der Waals surface area contributed by atoms with Crippen LogP contribution in [0, 0.1) is 11.7 Å². The molecule has 0 spiro atoms. The molecule has 2 aromatic carbocycles. The molecular formula is C23H19FN6O2S. The van der Waals surface area contributed by atoms with Crippen LogP contribution in [0.5, 0.6) is 11.6 Å². The van der Waals surface area contributed by atoms with Gasteiger partial charge in [-0.2, -0.15) is 4.98 Å². The Morgan fingerprint density at radius 1 is 1.09 bits per heavy atom. The third-order valence-corrected chi connectivity index (χ3v) is 5.38. The van der Waals surface area contributed by atoms with Crippen LogP contribution in [0.25, 0.3) is 11.2 Å². The highest BCUT2D eigenvalue weighted by Crippen LogP contribution is 2.32. The first-order valence-electron chi connectivity index (χ1n) is 10.4. The van der Waals surface area contributed by atoms with Gasteiger partial charge in [0.1, 0.15) is 17.9 Å². The first-order valence-corrected chi connectivity index (χ1v) is 10.8. The van der Waals surface area contributed by atoms with Crippen molar-refractivity contribution in [3.8, 4) is 11.6 Å². The average Bonchev–Trinajstić information content (AvgIpc) is 3.53. The van der Waals surface area contributed by atoms with Gasteiger partial charge in [-0.05, 0) is 79.5 Å². The molecule has 0 aliphatic heterocycles. The van der Waals surface area contributed by atoms with E-state index in [1.165, 1.54) is 43.4 Å². The number of nitrogens with zero attached hydrogens (tertiary/aromatic N) is 4. The molecule has 0 saturated heterocycles. The van der Waals surface area contributed by atoms with Crippen molar-refractivity contribution in [1.29, 1.82) is 0 Å². The summed E-state index contributed by atoms with van der Waals surface area (Å²) in [5.74, 6) is 0.814. The molecule has 0 atom stereocenters. The number of rotatable bonds is 6. The number of nitrogens with one attached hydrogen (secondary N) is 2. The van der Waals surface area contributed by atoms with Crippen molar-refractivity contribution in [2.45, 2.75) is 19.4 Å². The molecule has 0 bridgehead atoms. The summed E-state index contributed by atoms with van der Waals surface area (Å²) in [7, 11) is 0. The number of benzene rings is 2. The van der Waals surface area contributed by atoms with E-state index < -0.39 is 11.7 Å². The average molecular weight is 463 g/mol. The Labute approximate surface area is 193 Å². The van der Waals surface area contributed by atoms with Gasteiger partial charge in [0.15, 0.2) is 16.3 Å². The predicted octanol–water partition coefficient (Wildman–Crippen LogP) is 4.29. The maximum absolute atomic E-state index is 13.0. The molecule has 1 aliphatic carbocycles. The van der Waals surface area contributed by atoms with Crippen LogP contribution in [0.4, 0.5) is 10.1 Å². The van der Waals surface area contributed by atoms with E-state index in [1.54, 1.807) is 30.6 Å². The lowest BCUT2D eigenvalue weighted by atomic mass is 10.2. The summed E-state index contributed by atoms with van der Waals surface area (Å²) in [4.78, 5) is 25.2. The van der Waals surface area contributed by atoms with Gasteiger partial charge in [-0.25, -0.2) is 14.4 Å². The minimum absolute atomic E-state index is 0.122. The van der Waals surface area contributed by atoms with Crippen molar-refractivity contribution in [3.63, 3.8) is 0 Å². The van der Waals surface area contributed by atoms with Crippen molar-refractivity contribution in [2.24, 2.45) is 5.92 Å². The topological polar surface area (TPSA) is 94.0 Å². The SMILES string of the molecule is O=C(NC(=S)Nc1ccc(Oc2ncnc3c2ncn3CC2CC2)cc1)c1ccc(F)cc1. The molecule has 166 valence electrons. The molecule has 0 radical (unpaired) electrons. The maximum Gasteiger partial charge on any atom is 0.257 e. The van der Waals surface area contributed by atoms with Crippen LogP contribution in [0.15, 0.2) is 61.2 Å². The molecule has 2 aromatic heterocycles. The van der Waals surface area contributed by atoms with Crippen LogP contribution >= 0.6 is 12.2 Å². The molecule has 1 amide bonds. The zero-order valence-corrected chi connectivity index (χ0v) is 18.2. The molecule has 5 rings (SSSR count). The van der Waals surface area contributed by atoms with Gasteiger partial charge in [0.05, 0.1) is 6.33 Å². The molecule has 8 nitrogen and oxygen atoms in total. The Kier molecular flexibility index (Phi) is 5.66. The smallest absolute Gasteiger partial charge is 0.257 e. The minimum Gasteiger partial charge on any atom is -0.437 e. The lowest BCUT2D eigenvalue weighted by molar-refractivity contribution is 0.0977. The molecule has 2 heterocycles. The fourth-order valence-electron chi connectivity index (χ4n) is 3.30. The highest BCUT2D eigenvalue weighted by Gasteiger charge is 2.23. The van der Waals surface area contributed by atoms with E-state index in [4.69, 9.17) is 17.0 Å². The summed E-state index contributed by atoms with van der Waals surface area (Å²) in [6, 6.07) is 12.2. The van der Waals surface area contributed by atoms with Crippen LogP contribution < -0.4 is 15.4 Å². The summed E-state index contributed by atoms with van der Waals surface area (Å²) in [5, 5.41) is 5.61. The fourth-order valence-corrected chi connectivity index (χ4v) is 3.51. The van der Waals surface area contributed by atoms with E-state index >= 15 is 0 Å². The second-order valence-corrected chi connectivity index (χ2v) is 8.14. The number of hydrogen-bond acceptors (Lipinski definition) is 6. The lowest BCUT2D eigenvalue weighted by Gasteiger charge is -2.11. The Hall–Kier alpha value is -3.92. The number of thiocarbonyl (C=S) groups is 1. The number of carbonyl (C=O) groups is 1. The van der Waals surface area contributed by atoms with Gasteiger partial charge in [0.25, 0.3) is 11.8 Å². The van der Waals surface area contributed by atoms with Crippen molar-refractivity contribution < 1.29 is 13.9 Å². The van der Waals surface area contributed by atoms with E-state index in [-0.39, 0.29) is 5.11 Å². The van der Waals surface area contributed by atoms with E-state index in [1.807, 2.05) is 4.57 Å². The van der Waals surface area contributed by atoms with E-state index in [0.717, 1.165) is 12.2 Å². The number of amides is 1. The number of fused-ring (bicyclic) bond motifs is 1. The van der Waals surface area contributed by atoms with Gasteiger partial charge in [-0.1, -0.05) is 0 Å². The summed E-state index contributed by atoms with van der Waals surface area (Å²) in [6.45, 7) is 0.908. The second-order valence-electron chi connectivity index (χ2n) is 7.73. The minimum atomic E-state index is -0.429. The van der Waals surface area contributed by atoms with Crippen LogP contribution in [0.3, 0.4) is 0 Å². The van der Waals surface area contributed by atoms with Crippen molar-refractivity contribution in [2.75, 3.05) is 5.32 Å². The van der Waals surface area contributed by atoms with Crippen LogP contribution in [-0.2, 0) is 6.54 Å². The Bertz CT molecular complexity index is 1320. The van der Waals surface area contributed by atoms with Gasteiger partial charge < -0.3 is 14.6 Å². The zero-order valence-electron chi connectivity index (χ0n) is 17.4. The maximum atomic E-state index is 13.0. The highest BCUT2D eigenvalue weighted by molar-refractivity contribution is 7.80.